The van der Waals surface area contributed by atoms with Gasteiger partial charge < -0.3 is 4.74 Å². The van der Waals surface area contributed by atoms with Gasteiger partial charge in [-0.1, -0.05) is 19.1 Å². The molecule has 1 aliphatic rings. The van der Waals surface area contributed by atoms with Crippen LogP contribution in [-0.4, -0.2) is 29.7 Å². The molecule has 0 radical (unpaired) electrons. The minimum Gasteiger partial charge on any atom is -0.406 e. The molecule has 2 atom stereocenters. The molecular formula is C14H17ClF3NO. The zero-order valence-electron chi connectivity index (χ0n) is 11.2. The van der Waals surface area contributed by atoms with Crippen LogP contribution in [0.1, 0.15) is 18.9 Å². The first kappa shape index (κ1) is 15.4. The van der Waals surface area contributed by atoms with Crippen molar-refractivity contribution in [3.05, 3.63) is 29.8 Å². The average Bonchev–Trinajstić information content (AvgIpc) is 2.35. The van der Waals surface area contributed by atoms with Gasteiger partial charge >= 0.3 is 6.36 Å². The Morgan fingerprint density at radius 3 is 2.50 bits per heavy atom. The maximum atomic E-state index is 12.0. The Labute approximate surface area is 121 Å². The lowest BCUT2D eigenvalue weighted by Gasteiger charge is -2.33. The van der Waals surface area contributed by atoms with Crippen molar-refractivity contribution in [1.29, 1.82) is 0 Å². The molecule has 112 valence electrons. The zero-order valence-corrected chi connectivity index (χ0v) is 11.9. The maximum absolute atomic E-state index is 12.0. The van der Waals surface area contributed by atoms with Crippen LogP contribution in [0, 0.1) is 5.92 Å². The molecule has 1 saturated heterocycles. The molecule has 6 heteroatoms. The van der Waals surface area contributed by atoms with E-state index in [1.54, 1.807) is 12.1 Å². The number of piperidine rings is 1. The molecule has 2 nitrogen and oxygen atoms in total. The predicted molar refractivity (Wildman–Crippen MR) is 71.8 cm³/mol. The molecule has 1 heterocycles. The first-order valence-electron chi connectivity index (χ1n) is 6.54. The van der Waals surface area contributed by atoms with Crippen molar-refractivity contribution < 1.29 is 17.9 Å². The van der Waals surface area contributed by atoms with E-state index in [1.165, 1.54) is 12.1 Å². The van der Waals surface area contributed by atoms with Gasteiger partial charge in [-0.25, -0.2) is 0 Å². The van der Waals surface area contributed by atoms with Crippen LogP contribution < -0.4 is 4.74 Å². The number of alkyl halides is 4. The molecule has 1 aliphatic heterocycles. The molecule has 1 aromatic carbocycles. The number of benzene rings is 1. The fourth-order valence-corrected chi connectivity index (χ4v) is 2.60. The van der Waals surface area contributed by atoms with Gasteiger partial charge in [0, 0.05) is 18.5 Å². The lowest BCUT2D eigenvalue weighted by atomic mass is 9.98. The molecule has 2 unspecified atom stereocenters. The monoisotopic (exact) mass is 307 g/mol. The van der Waals surface area contributed by atoms with Gasteiger partial charge in [-0.2, -0.15) is 0 Å². The normalized spacial score (nSPS) is 24.6. The van der Waals surface area contributed by atoms with Gasteiger partial charge in [0.25, 0.3) is 0 Å². The summed E-state index contributed by atoms with van der Waals surface area (Å²) >= 11 is 6.24. The molecule has 1 fully saturated rings. The third-order valence-corrected chi connectivity index (χ3v) is 4.08. The van der Waals surface area contributed by atoms with E-state index in [1.807, 2.05) is 0 Å². The van der Waals surface area contributed by atoms with Crippen LogP contribution in [-0.2, 0) is 6.54 Å². The SMILES string of the molecule is CC1CCN(Cc2ccc(OC(F)(F)F)cc2)CC1Cl. The van der Waals surface area contributed by atoms with Crippen LogP contribution in [0.3, 0.4) is 0 Å². The summed E-state index contributed by atoms with van der Waals surface area (Å²) in [5.74, 6) is 0.319. The summed E-state index contributed by atoms with van der Waals surface area (Å²) in [7, 11) is 0. The fourth-order valence-electron chi connectivity index (χ4n) is 2.28. The summed E-state index contributed by atoms with van der Waals surface area (Å²) in [6.07, 6.45) is -3.60. The van der Waals surface area contributed by atoms with E-state index in [2.05, 4.69) is 16.6 Å². The summed E-state index contributed by atoms with van der Waals surface area (Å²) in [5, 5.41) is 0.136. The van der Waals surface area contributed by atoms with E-state index >= 15 is 0 Å². The van der Waals surface area contributed by atoms with Gasteiger partial charge in [0.05, 0.1) is 0 Å². The molecule has 0 N–H and O–H groups in total. The molecule has 0 saturated carbocycles. The zero-order chi connectivity index (χ0) is 14.8. The lowest BCUT2D eigenvalue weighted by molar-refractivity contribution is -0.274. The van der Waals surface area contributed by atoms with E-state index in [0.29, 0.717) is 12.5 Å². The van der Waals surface area contributed by atoms with E-state index in [9.17, 15) is 13.2 Å². The Balaban J connectivity index is 1.91. The van der Waals surface area contributed by atoms with E-state index in [-0.39, 0.29) is 11.1 Å². The summed E-state index contributed by atoms with van der Waals surface area (Å²) in [5.41, 5.74) is 0.956. The lowest BCUT2D eigenvalue weighted by Crippen LogP contribution is -2.39. The Bertz CT molecular complexity index is 435. The molecule has 1 aromatic rings. The van der Waals surface area contributed by atoms with Gasteiger partial charge in [-0.05, 0) is 36.6 Å². The van der Waals surface area contributed by atoms with Crippen LogP contribution in [0.4, 0.5) is 13.2 Å². The number of nitrogens with zero attached hydrogens (tertiary/aromatic N) is 1. The van der Waals surface area contributed by atoms with Crippen molar-refractivity contribution in [2.45, 2.75) is 31.6 Å². The summed E-state index contributed by atoms with van der Waals surface area (Å²) < 4.78 is 40.0. The number of likely N-dealkylation sites (tertiary alicyclic amines) is 1. The number of rotatable bonds is 3. The van der Waals surface area contributed by atoms with Crippen LogP contribution in [0.25, 0.3) is 0 Å². The first-order valence-corrected chi connectivity index (χ1v) is 6.98. The van der Waals surface area contributed by atoms with Gasteiger partial charge in [-0.3, -0.25) is 4.90 Å². The van der Waals surface area contributed by atoms with E-state index < -0.39 is 6.36 Å². The average molecular weight is 308 g/mol. The predicted octanol–water partition coefficient (Wildman–Crippen LogP) is 4.03. The molecule has 0 amide bonds. The third kappa shape index (κ3) is 4.56. The second-order valence-electron chi connectivity index (χ2n) is 5.21. The Morgan fingerprint density at radius 1 is 1.30 bits per heavy atom. The van der Waals surface area contributed by atoms with Gasteiger partial charge in [0.1, 0.15) is 5.75 Å². The standard InChI is InChI=1S/C14H17ClF3NO/c1-10-6-7-19(9-13(10)15)8-11-2-4-12(5-3-11)20-14(16,17)18/h2-5,10,13H,6-9H2,1H3. The highest BCUT2D eigenvalue weighted by Crippen LogP contribution is 2.25. The number of hydrogen-bond acceptors (Lipinski definition) is 2. The third-order valence-electron chi connectivity index (χ3n) is 3.51. The van der Waals surface area contributed by atoms with Gasteiger partial charge in [0.15, 0.2) is 0 Å². The molecule has 0 spiro atoms. The minimum atomic E-state index is -4.64. The van der Waals surface area contributed by atoms with Crippen molar-refractivity contribution in [1.82, 2.24) is 4.90 Å². The summed E-state index contributed by atoms with van der Waals surface area (Å²) in [6, 6.07) is 5.99. The van der Waals surface area contributed by atoms with E-state index in [0.717, 1.165) is 25.1 Å². The smallest absolute Gasteiger partial charge is 0.406 e. The van der Waals surface area contributed by atoms with Crippen molar-refractivity contribution in [2.24, 2.45) is 5.92 Å². The van der Waals surface area contributed by atoms with Crippen molar-refractivity contribution in [3.8, 4) is 5.75 Å². The highest BCUT2D eigenvalue weighted by atomic mass is 35.5. The van der Waals surface area contributed by atoms with Crippen LogP contribution >= 0.6 is 11.6 Å². The highest BCUT2D eigenvalue weighted by Gasteiger charge is 2.31. The second-order valence-corrected chi connectivity index (χ2v) is 5.77. The fraction of sp³-hybridized carbons (Fsp3) is 0.571. The summed E-state index contributed by atoms with van der Waals surface area (Å²) in [6.45, 7) is 4.61. The van der Waals surface area contributed by atoms with E-state index in [4.69, 9.17) is 11.6 Å². The van der Waals surface area contributed by atoms with Crippen LogP contribution in [0.5, 0.6) is 5.75 Å². The van der Waals surface area contributed by atoms with Crippen LogP contribution in [0.2, 0.25) is 0 Å². The molecule has 0 bridgehead atoms. The quantitative estimate of drug-likeness (QED) is 0.782. The number of ether oxygens (including phenoxy) is 1. The second kappa shape index (κ2) is 6.22. The van der Waals surface area contributed by atoms with Gasteiger partial charge in [0.2, 0.25) is 0 Å². The van der Waals surface area contributed by atoms with Gasteiger partial charge in [-0.15, -0.1) is 24.8 Å². The highest BCUT2D eigenvalue weighted by molar-refractivity contribution is 6.21. The van der Waals surface area contributed by atoms with Crippen molar-refractivity contribution >= 4 is 11.6 Å². The molecule has 2 rings (SSSR count). The first-order chi connectivity index (χ1) is 9.33. The van der Waals surface area contributed by atoms with Crippen LogP contribution in [0.15, 0.2) is 24.3 Å². The number of halogens is 4. The summed E-state index contributed by atoms with van der Waals surface area (Å²) in [4.78, 5) is 2.22. The molecular weight excluding hydrogens is 291 g/mol. The minimum absolute atomic E-state index is 0.136. The van der Waals surface area contributed by atoms with Crippen molar-refractivity contribution in [2.75, 3.05) is 13.1 Å². The molecule has 0 aliphatic carbocycles. The maximum Gasteiger partial charge on any atom is 0.573 e. The largest absolute Gasteiger partial charge is 0.573 e. The topological polar surface area (TPSA) is 12.5 Å². The molecule has 0 aromatic heterocycles. The Kier molecular flexibility index (Phi) is 4.81. The molecule has 20 heavy (non-hydrogen) atoms. The Hall–Kier alpha value is -0.940. The Morgan fingerprint density at radius 2 is 1.95 bits per heavy atom. The number of hydrogen-bond donors (Lipinski definition) is 0. The van der Waals surface area contributed by atoms with Crippen molar-refractivity contribution in [3.63, 3.8) is 0 Å².